The van der Waals surface area contributed by atoms with Gasteiger partial charge in [-0.15, -0.1) is 11.3 Å². The van der Waals surface area contributed by atoms with Gasteiger partial charge in [0.15, 0.2) is 0 Å². The van der Waals surface area contributed by atoms with Crippen LogP contribution in [0, 0.1) is 12.8 Å². The van der Waals surface area contributed by atoms with Crippen LogP contribution < -0.4 is 10.6 Å². The topological polar surface area (TPSA) is 98.8 Å². The SMILES string of the molecule is Cc1c(-c2ccccc2)sc(NC(=O)CN2C(=O)N[C@@](C)(C3CC3)C2=O)c1C(=O)N1CCCCC1. The average Bonchev–Trinajstić information content (AvgIpc) is 3.64. The Bertz CT molecular complexity index is 1180. The van der Waals surface area contributed by atoms with Gasteiger partial charge < -0.3 is 15.5 Å². The number of benzene rings is 1. The van der Waals surface area contributed by atoms with Gasteiger partial charge >= 0.3 is 6.03 Å². The maximum absolute atomic E-state index is 13.5. The van der Waals surface area contributed by atoms with Crippen LogP contribution in [0.3, 0.4) is 0 Å². The highest BCUT2D eigenvalue weighted by Gasteiger charge is 2.56. The Morgan fingerprint density at radius 1 is 1.11 bits per heavy atom. The lowest BCUT2D eigenvalue weighted by Gasteiger charge is -2.27. The Hall–Kier alpha value is -3.20. The van der Waals surface area contributed by atoms with Gasteiger partial charge in [-0.05, 0) is 63.0 Å². The predicted molar refractivity (Wildman–Crippen MR) is 134 cm³/mol. The molecule has 8 nitrogen and oxygen atoms in total. The molecule has 1 aromatic heterocycles. The summed E-state index contributed by atoms with van der Waals surface area (Å²) in [5.74, 6) is -0.833. The molecule has 3 aliphatic rings. The summed E-state index contributed by atoms with van der Waals surface area (Å²) in [4.78, 5) is 55.8. The highest BCUT2D eigenvalue weighted by Crippen LogP contribution is 2.43. The number of imide groups is 1. The molecule has 2 N–H and O–H groups in total. The lowest BCUT2D eigenvalue weighted by Crippen LogP contribution is -2.46. The fraction of sp³-hybridized carbons (Fsp3) is 0.462. The van der Waals surface area contributed by atoms with Crippen molar-refractivity contribution in [2.75, 3.05) is 25.0 Å². The summed E-state index contributed by atoms with van der Waals surface area (Å²) in [7, 11) is 0. The Kier molecular flexibility index (Phi) is 6.13. The summed E-state index contributed by atoms with van der Waals surface area (Å²) in [6, 6.07) is 9.22. The molecule has 5 amide bonds. The van der Waals surface area contributed by atoms with Gasteiger partial charge in [0.1, 0.15) is 17.1 Å². The van der Waals surface area contributed by atoms with E-state index in [2.05, 4.69) is 10.6 Å². The molecule has 1 atom stereocenters. The zero-order valence-electron chi connectivity index (χ0n) is 20.1. The average molecular weight is 495 g/mol. The molecule has 5 rings (SSSR count). The van der Waals surface area contributed by atoms with Gasteiger partial charge in [0.2, 0.25) is 5.91 Å². The molecule has 3 heterocycles. The summed E-state index contributed by atoms with van der Waals surface area (Å²) < 4.78 is 0. The van der Waals surface area contributed by atoms with Crippen molar-refractivity contribution in [1.29, 1.82) is 0 Å². The van der Waals surface area contributed by atoms with Crippen LogP contribution in [0.4, 0.5) is 9.80 Å². The lowest BCUT2D eigenvalue weighted by molar-refractivity contribution is -0.134. The summed E-state index contributed by atoms with van der Waals surface area (Å²) in [5.41, 5.74) is 1.34. The van der Waals surface area contributed by atoms with E-state index in [0.717, 1.165) is 53.0 Å². The quantitative estimate of drug-likeness (QED) is 0.593. The third-order valence-corrected chi connectivity index (χ3v) is 8.55. The van der Waals surface area contributed by atoms with E-state index >= 15 is 0 Å². The highest BCUT2D eigenvalue weighted by molar-refractivity contribution is 7.20. The number of likely N-dealkylation sites (tertiary alicyclic amines) is 1. The van der Waals surface area contributed by atoms with Crippen LogP contribution in [0.15, 0.2) is 30.3 Å². The summed E-state index contributed by atoms with van der Waals surface area (Å²) in [6.07, 6.45) is 4.82. The zero-order chi connectivity index (χ0) is 24.7. The highest BCUT2D eigenvalue weighted by atomic mass is 32.1. The van der Waals surface area contributed by atoms with Gasteiger partial charge in [-0.1, -0.05) is 30.3 Å². The minimum absolute atomic E-state index is 0.0905. The Labute approximate surface area is 208 Å². The van der Waals surface area contributed by atoms with Gasteiger partial charge in [0.05, 0.1) is 5.56 Å². The van der Waals surface area contributed by atoms with E-state index in [-0.39, 0.29) is 24.3 Å². The van der Waals surface area contributed by atoms with E-state index in [1.54, 1.807) is 6.92 Å². The van der Waals surface area contributed by atoms with E-state index < -0.39 is 17.5 Å². The van der Waals surface area contributed by atoms with E-state index in [1.165, 1.54) is 11.3 Å². The van der Waals surface area contributed by atoms with Crippen molar-refractivity contribution >= 4 is 40.1 Å². The van der Waals surface area contributed by atoms with Crippen LogP contribution in [0.5, 0.6) is 0 Å². The van der Waals surface area contributed by atoms with Gasteiger partial charge in [0, 0.05) is 18.0 Å². The third kappa shape index (κ3) is 4.33. The van der Waals surface area contributed by atoms with Crippen molar-refractivity contribution in [2.24, 2.45) is 5.92 Å². The number of piperidine rings is 1. The van der Waals surface area contributed by atoms with Crippen molar-refractivity contribution in [3.05, 3.63) is 41.5 Å². The molecule has 1 aliphatic carbocycles. The number of hydrogen-bond donors (Lipinski definition) is 2. The zero-order valence-corrected chi connectivity index (χ0v) is 20.9. The normalized spacial score (nSPS) is 22.3. The number of nitrogens with one attached hydrogen (secondary N) is 2. The Morgan fingerprint density at radius 3 is 2.46 bits per heavy atom. The minimum Gasteiger partial charge on any atom is -0.339 e. The largest absolute Gasteiger partial charge is 0.339 e. The number of urea groups is 1. The molecule has 3 fully saturated rings. The fourth-order valence-electron chi connectivity index (χ4n) is 5.09. The number of nitrogens with zero attached hydrogens (tertiary/aromatic N) is 2. The van der Waals surface area contributed by atoms with Crippen molar-refractivity contribution < 1.29 is 19.2 Å². The summed E-state index contributed by atoms with van der Waals surface area (Å²) in [5, 5.41) is 6.09. The van der Waals surface area contributed by atoms with Crippen LogP contribution in [-0.2, 0) is 9.59 Å². The first-order valence-corrected chi connectivity index (χ1v) is 13.0. The molecule has 9 heteroatoms. The molecule has 2 saturated heterocycles. The van der Waals surface area contributed by atoms with Gasteiger partial charge in [-0.25, -0.2) is 4.79 Å². The van der Waals surface area contributed by atoms with E-state index in [1.807, 2.05) is 42.2 Å². The van der Waals surface area contributed by atoms with Crippen molar-refractivity contribution in [3.63, 3.8) is 0 Å². The molecule has 35 heavy (non-hydrogen) atoms. The molecule has 0 spiro atoms. The maximum atomic E-state index is 13.5. The first kappa shape index (κ1) is 23.5. The third-order valence-electron chi connectivity index (χ3n) is 7.29. The van der Waals surface area contributed by atoms with Gasteiger partial charge in [0.25, 0.3) is 11.8 Å². The maximum Gasteiger partial charge on any atom is 0.325 e. The Balaban J connectivity index is 1.41. The number of carbonyl (C=O) groups excluding carboxylic acids is 4. The van der Waals surface area contributed by atoms with Crippen LogP contribution in [-0.4, -0.2) is 58.7 Å². The van der Waals surface area contributed by atoms with Crippen molar-refractivity contribution in [2.45, 2.75) is 51.5 Å². The Morgan fingerprint density at radius 2 is 1.80 bits per heavy atom. The van der Waals surface area contributed by atoms with Gasteiger partial charge in [-0.3, -0.25) is 19.3 Å². The number of rotatable bonds is 6. The number of amides is 5. The molecule has 184 valence electrons. The van der Waals surface area contributed by atoms with Crippen molar-refractivity contribution in [3.8, 4) is 10.4 Å². The van der Waals surface area contributed by atoms with E-state index in [4.69, 9.17) is 0 Å². The number of hydrogen-bond acceptors (Lipinski definition) is 5. The van der Waals surface area contributed by atoms with Crippen molar-refractivity contribution in [1.82, 2.24) is 15.1 Å². The lowest BCUT2D eigenvalue weighted by atomic mass is 9.96. The molecule has 1 aromatic carbocycles. The van der Waals surface area contributed by atoms with Crippen LogP contribution in [0.25, 0.3) is 10.4 Å². The number of carbonyl (C=O) groups is 4. The van der Waals surface area contributed by atoms with E-state index in [0.29, 0.717) is 23.7 Å². The summed E-state index contributed by atoms with van der Waals surface area (Å²) >= 11 is 1.35. The second-order valence-electron chi connectivity index (χ2n) is 9.83. The molecule has 1 saturated carbocycles. The smallest absolute Gasteiger partial charge is 0.325 e. The second-order valence-corrected chi connectivity index (χ2v) is 10.8. The van der Waals surface area contributed by atoms with Crippen LogP contribution in [0.2, 0.25) is 0 Å². The summed E-state index contributed by atoms with van der Waals surface area (Å²) in [6.45, 7) is 4.65. The molecule has 2 aromatic rings. The number of thiophene rings is 1. The molecular formula is C26H30N4O4S. The first-order valence-electron chi connectivity index (χ1n) is 12.2. The van der Waals surface area contributed by atoms with Crippen LogP contribution >= 0.6 is 11.3 Å². The van der Waals surface area contributed by atoms with Gasteiger partial charge in [-0.2, -0.15) is 0 Å². The fourth-order valence-corrected chi connectivity index (χ4v) is 6.31. The first-order chi connectivity index (χ1) is 16.8. The minimum atomic E-state index is -0.938. The van der Waals surface area contributed by atoms with E-state index in [9.17, 15) is 19.2 Å². The standard InChI is InChI=1S/C26H30N4O4S/c1-16-20(23(32)29-13-7-4-8-14-29)22(35-21(16)17-9-5-3-6-10-17)27-19(31)15-30-24(33)26(2,18-11-12-18)28-25(30)34/h3,5-6,9-10,18H,4,7-8,11-15H2,1-2H3,(H,27,31)(H,28,34)/t26-/m0/s1. The molecule has 0 radical (unpaired) electrons. The number of anilines is 1. The molecular weight excluding hydrogens is 464 g/mol. The second kappa shape index (κ2) is 9.11. The monoisotopic (exact) mass is 494 g/mol. The van der Waals surface area contributed by atoms with Crippen LogP contribution in [0.1, 0.15) is 54.9 Å². The molecule has 0 unspecified atom stereocenters. The molecule has 2 aliphatic heterocycles. The molecule has 0 bridgehead atoms. The predicted octanol–water partition coefficient (Wildman–Crippen LogP) is 4.01.